The van der Waals surface area contributed by atoms with E-state index in [1.165, 1.54) is 25.0 Å². The lowest BCUT2D eigenvalue weighted by Gasteiger charge is -2.16. The van der Waals surface area contributed by atoms with Gasteiger partial charge in [-0.3, -0.25) is 4.90 Å². The fraction of sp³-hybridized carbons (Fsp3) is 0.281. The van der Waals surface area contributed by atoms with E-state index in [0.717, 1.165) is 43.1 Å². The molecule has 0 atom stereocenters. The second-order valence-electron chi connectivity index (χ2n) is 9.79. The Hall–Kier alpha value is -4.04. The molecule has 208 valence electrons. The van der Waals surface area contributed by atoms with Crippen LogP contribution in [0.25, 0.3) is 22.1 Å². The summed E-state index contributed by atoms with van der Waals surface area (Å²) in [5, 5.41) is 0.673. The smallest absolute Gasteiger partial charge is 0.416 e. The molecule has 0 aliphatic carbocycles. The van der Waals surface area contributed by atoms with Crippen LogP contribution in [0.5, 0.6) is 11.5 Å². The minimum Gasteiger partial charge on any atom is -0.492 e. The maximum absolute atomic E-state index is 13.3. The van der Waals surface area contributed by atoms with Gasteiger partial charge in [0.15, 0.2) is 0 Å². The van der Waals surface area contributed by atoms with Crippen LogP contribution in [0.3, 0.4) is 0 Å². The number of likely N-dealkylation sites (tertiary alicyclic amines) is 1. The molecule has 1 aliphatic rings. The number of hydrogen-bond donors (Lipinski definition) is 0. The highest BCUT2D eigenvalue weighted by Gasteiger charge is 2.30. The molecule has 40 heavy (non-hydrogen) atoms. The summed E-state index contributed by atoms with van der Waals surface area (Å²) in [6, 6.07) is 17.4. The fourth-order valence-corrected chi connectivity index (χ4v) is 5.00. The SMILES string of the molecule is C=CCOc1ccc2c(Cc3ccc(OCCN4CCCC4)cc3)c(-c3ccc(C(F)(F)F)cc3)c(=O)oc2c1. The lowest BCUT2D eigenvalue weighted by molar-refractivity contribution is -0.137. The van der Waals surface area contributed by atoms with Crippen molar-refractivity contribution in [2.45, 2.75) is 25.4 Å². The molecule has 8 heteroatoms. The van der Waals surface area contributed by atoms with Crippen LogP contribution in [-0.2, 0) is 12.6 Å². The van der Waals surface area contributed by atoms with E-state index in [-0.39, 0.29) is 5.56 Å². The predicted octanol–water partition coefficient (Wildman–Crippen LogP) is 7.11. The number of nitrogens with zero attached hydrogens (tertiary/aromatic N) is 1. The van der Waals surface area contributed by atoms with E-state index in [9.17, 15) is 18.0 Å². The molecular weight excluding hydrogens is 519 g/mol. The first-order valence-electron chi connectivity index (χ1n) is 13.3. The first kappa shape index (κ1) is 27.5. The third kappa shape index (κ3) is 6.39. The van der Waals surface area contributed by atoms with Gasteiger partial charge >= 0.3 is 11.8 Å². The van der Waals surface area contributed by atoms with Crippen LogP contribution >= 0.6 is 0 Å². The standard InChI is InChI=1S/C32H30F3NO4/c1-2-18-38-26-13-14-27-28(20-22-5-11-25(12-6-22)39-19-17-36-15-3-4-16-36)30(31(37)40-29(27)21-26)23-7-9-24(10-8-23)32(33,34)35/h2,5-14,21H,1,3-4,15-20H2. The number of halogens is 3. The average molecular weight is 550 g/mol. The van der Waals surface area contributed by atoms with Gasteiger partial charge in [-0.2, -0.15) is 13.2 Å². The van der Waals surface area contributed by atoms with Crippen LogP contribution < -0.4 is 15.1 Å². The maximum atomic E-state index is 13.3. The second-order valence-corrected chi connectivity index (χ2v) is 9.79. The van der Waals surface area contributed by atoms with Gasteiger partial charge in [-0.05, 0) is 85.4 Å². The van der Waals surface area contributed by atoms with Gasteiger partial charge in [-0.25, -0.2) is 4.79 Å². The summed E-state index contributed by atoms with van der Waals surface area (Å²) in [6.45, 7) is 7.66. The minimum atomic E-state index is -4.48. The molecule has 0 bridgehead atoms. The summed E-state index contributed by atoms with van der Waals surface area (Å²) in [6.07, 6.45) is -0.0358. The molecule has 1 fully saturated rings. The number of benzene rings is 3. The summed E-state index contributed by atoms with van der Waals surface area (Å²) in [4.78, 5) is 15.6. The molecule has 1 saturated heterocycles. The Labute approximate surface area is 230 Å². The van der Waals surface area contributed by atoms with Crippen LogP contribution in [0.15, 0.2) is 88.6 Å². The molecule has 0 amide bonds. The van der Waals surface area contributed by atoms with E-state index in [0.29, 0.717) is 47.5 Å². The van der Waals surface area contributed by atoms with Crippen molar-refractivity contribution >= 4 is 11.0 Å². The number of ether oxygens (including phenoxy) is 2. The van der Waals surface area contributed by atoms with Gasteiger partial charge in [-0.1, -0.05) is 36.9 Å². The maximum Gasteiger partial charge on any atom is 0.416 e. The Morgan fingerprint density at radius 2 is 1.62 bits per heavy atom. The summed E-state index contributed by atoms with van der Waals surface area (Å²) in [7, 11) is 0. The van der Waals surface area contributed by atoms with Crippen molar-refractivity contribution in [1.82, 2.24) is 4.90 Å². The third-order valence-corrected chi connectivity index (χ3v) is 7.03. The van der Waals surface area contributed by atoms with Crippen LogP contribution in [0, 0.1) is 0 Å². The summed E-state index contributed by atoms with van der Waals surface area (Å²) >= 11 is 0. The highest BCUT2D eigenvalue weighted by atomic mass is 19.4. The monoisotopic (exact) mass is 549 g/mol. The van der Waals surface area contributed by atoms with Gasteiger partial charge in [0.05, 0.1) is 11.1 Å². The molecular formula is C32H30F3NO4. The van der Waals surface area contributed by atoms with E-state index in [1.54, 1.807) is 24.3 Å². The Morgan fingerprint density at radius 1 is 0.925 bits per heavy atom. The molecule has 5 rings (SSSR count). The zero-order chi connectivity index (χ0) is 28.1. The molecule has 0 unspecified atom stereocenters. The zero-order valence-electron chi connectivity index (χ0n) is 22.0. The number of alkyl halides is 3. The van der Waals surface area contributed by atoms with Crippen molar-refractivity contribution < 1.29 is 27.1 Å². The lowest BCUT2D eigenvalue weighted by Crippen LogP contribution is -2.25. The Balaban J connectivity index is 1.47. The van der Waals surface area contributed by atoms with Gasteiger partial charge in [0.2, 0.25) is 0 Å². The van der Waals surface area contributed by atoms with E-state index < -0.39 is 17.4 Å². The Morgan fingerprint density at radius 3 is 2.30 bits per heavy atom. The van der Waals surface area contributed by atoms with E-state index in [2.05, 4.69) is 11.5 Å². The normalized spacial score (nSPS) is 14.0. The molecule has 0 radical (unpaired) electrons. The number of rotatable bonds is 10. The van der Waals surface area contributed by atoms with Crippen molar-refractivity contribution in [2.75, 3.05) is 32.8 Å². The van der Waals surface area contributed by atoms with Gasteiger partial charge in [0.25, 0.3) is 0 Å². The molecule has 0 N–H and O–H groups in total. The molecule has 3 aromatic carbocycles. The van der Waals surface area contributed by atoms with Gasteiger partial charge in [0, 0.05) is 18.0 Å². The highest BCUT2D eigenvalue weighted by Crippen LogP contribution is 2.34. The first-order valence-corrected chi connectivity index (χ1v) is 13.3. The molecule has 0 saturated carbocycles. The van der Waals surface area contributed by atoms with Crippen LogP contribution in [0.2, 0.25) is 0 Å². The topological polar surface area (TPSA) is 51.9 Å². The molecule has 1 aliphatic heterocycles. The van der Waals surface area contributed by atoms with Crippen LogP contribution in [-0.4, -0.2) is 37.7 Å². The quantitative estimate of drug-likeness (QED) is 0.156. The fourth-order valence-electron chi connectivity index (χ4n) is 5.00. The highest BCUT2D eigenvalue weighted by molar-refractivity contribution is 5.88. The van der Waals surface area contributed by atoms with Crippen molar-refractivity contribution in [3.8, 4) is 22.6 Å². The summed E-state index contributed by atoms with van der Waals surface area (Å²) < 4.78 is 56.7. The van der Waals surface area contributed by atoms with Gasteiger partial charge < -0.3 is 13.9 Å². The van der Waals surface area contributed by atoms with Crippen molar-refractivity contribution in [2.24, 2.45) is 0 Å². The predicted molar refractivity (Wildman–Crippen MR) is 149 cm³/mol. The van der Waals surface area contributed by atoms with E-state index >= 15 is 0 Å². The first-order chi connectivity index (χ1) is 19.3. The van der Waals surface area contributed by atoms with E-state index in [4.69, 9.17) is 13.9 Å². The minimum absolute atomic E-state index is 0.229. The molecule has 1 aromatic heterocycles. The molecule has 2 heterocycles. The summed E-state index contributed by atoms with van der Waals surface area (Å²) in [5.41, 5.74) is 1.07. The average Bonchev–Trinajstić information content (AvgIpc) is 3.46. The van der Waals surface area contributed by atoms with Crippen molar-refractivity contribution in [1.29, 1.82) is 0 Å². The zero-order valence-corrected chi connectivity index (χ0v) is 22.0. The second kappa shape index (κ2) is 12.0. The summed E-state index contributed by atoms with van der Waals surface area (Å²) in [5.74, 6) is 1.27. The molecule has 0 spiro atoms. The Kier molecular flexibility index (Phi) is 8.26. The van der Waals surface area contributed by atoms with Crippen LogP contribution in [0.4, 0.5) is 13.2 Å². The Bertz CT molecular complexity index is 1520. The van der Waals surface area contributed by atoms with Gasteiger partial charge in [0.1, 0.15) is 30.3 Å². The largest absolute Gasteiger partial charge is 0.492 e. The van der Waals surface area contributed by atoms with Crippen LogP contribution in [0.1, 0.15) is 29.5 Å². The van der Waals surface area contributed by atoms with Crippen molar-refractivity contribution in [3.05, 3.63) is 106 Å². The number of hydrogen-bond acceptors (Lipinski definition) is 5. The van der Waals surface area contributed by atoms with Crippen molar-refractivity contribution in [3.63, 3.8) is 0 Å². The van der Waals surface area contributed by atoms with E-state index in [1.807, 2.05) is 24.3 Å². The molecule has 4 aromatic rings. The molecule has 5 nitrogen and oxygen atoms in total. The third-order valence-electron chi connectivity index (χ3n) is 7.03. The number of fused-ring (bicyclic) bond motifs is 1. The lowest BCUT2D eigenvalue weighted by atomic mass is 9.93. The van der Waals surface area contributed by atoms with Gasteiger partial charge in [-0.15, -0.1) is 0 Å².